The minimum atomic E-state index is -4.71. The van der Waals surface area contributed by atoms with Gasteiger partial charge in [0.2, 0.25) is 0 Å². The number of rotatable bonds is 2. The van der Waals surface area contributed by atoms with E-state index in [9.17, 15) is 13.2 Å². The number of nitrogens with two attached hydrogens (primary N) is 1. The van der Waals surface area contributed by atoms with Crippen molar-refractivity contribution in [2.24, 2.45) is 0 Å². The molecule has 0 atom stereocenters. The van der Waals surface area contributed by atoms with Gasteiger partial charge in [-0.3, -0.25) is 0 Å². The molecular formula is C9H11F3N2O. The maximum absolute atomic E-state index is 12.0. The summed E-state index contributed by atoms with van der Waals surface area (Å²) in [5.74, 6) is -0.314. The van der Waals surface area contributed by atoms with Crippen molar-refractivity contribution in [2.45, 2.75) is 26.1 Å². The van der Waals surface area contributed by atoms with Gasteiger partial charge in [-0.25, -0.2) is 4.98 Å². The average molecular weight is 220 g/mol. The number of aromatic nitrogens is 1. The molecule has 0 unspecified atom stereocenters. The van der Waals surface area contributed by atoms with E-state index in [1.807, 2.05) is 0 Å². The largest absolute Gasteiger partial charge is 0.573 e. The second kappa shape index (κ2) is 3.96. The molecule has 0 amide bonds. The molecule has 15 heavy (non-hydrogen) atoms. The molecule has 0 aromatic carbocycles. The summed E-state index contributed by atoms with van der Waals surface area (Å²) in [5.41, 5.74) is 5.58. The molecule has 0 saturated heterocycles. The smallest absolute Gasteiger partial charge is 0.404 e. The predicted octanol–water partition coefficient (Wildman–Crippen LogP) is 2.69. The quantitative estimate of drug-likeness (QED) is 0.833. The van der Waals surface area contributed by atoms with Gasteiger partial charge < -0.3 is 10.5 Å². The number of nitrogens with zero attached hydrogens (tertiary/aromatic N) is 1. The first kappa shape index (κ1) is 11.6. The van der Waals surface area contributed by atoms with Crippen molar-refractivity contribution in [1.82, 2.24) is 4.98 Å². The van der Waals surface area contributed by atoms with Crippen molar-refractivity contribution >= 4 is 5.82 Å². The van der Waals surface area contributed by atoms with Crippen LogP contribution in [-0.4, -0.2) is 11.3 Å². The van der Waals surface area contributed by atoms with Crippen molar-refractivity contribution < 1.29 is 17.9 Å². The number of hydrogen-bond acceptors (Lipinski definition) is 3. The monoisotopic (exact) mass is 220 g/mol. The number of pyridine rings is 1. The zero-order valence-electron chi connectivity index (χ0n) is 8.30. The Hall–Kier alpha value is -1.46. The molecule has 1 aromatic heterocycles. The van der Waals surface area contributed by atoms with Crippen molar-refractivity contribution in [3.05, 3.63) is 17.8 Å². The highest BCUT2D eigenvalue weighted by atomic mass is 19.4. The Labute approximate surface area is 85.1 Å². The SMILES string of the molecule is CC(C)c1nc(N)ccc1OC(F)(F)F. The summed E-state index contributed by atoms with van der Waals surface area (Å²) < 4.78 is 39.8. The summed E-state index contributed by atoms with van der Waals surface area (Å²) in [6.07, 6.45) is -4.71. The van der Waals surface area contributed by atoms with Crippen molar-refractivity contribution in [3.63, 3.8) is 0 Å². The van der Waals surface area contributed by atoms with E-state index in [0.717, 1.165) is 0 Å². The van der Waals surface area contributed by atoms with E-state index in [0.29, 0.717) is 0 Å². The van der Waals surface area contributed by atoms with E-state index >= 15 is 0 Å². The summed E-state index contributed by atoms with van der Waals surface area (Å²) in [6.45, 7) is 3.43. The zero-order valence-corrected chi connectivity index (χ0v) is 8.30. The second-order valence-corrected chi connectivity index (χ2v) is 3.32. The maximum atomic E-state index is 12.0. The molecule has 1 aromatic rings. The fourth-order valence-corrected chi connectivity index (χ4v) is 1.10. The number of alkyl halides is 3. The summed E-state index contributed by atoms with van der Waals surface area (Å²) >= 11 is 0. The fourth-order valence-electron chi connectivity index (χ4n) is 1.10. The Bertz CT molecular complexity index is 350. The zero-order chi connectivity index (χ0) is 11.6. The van der Waals surface area contributed by atoms with Crippen LogP contribution in [0.15, 0.2) is 12.1 Å². The van der Waals surface area contributed by atoms with Crippen LogP contribution in [0.4, 0.5) is 19.0 Å². The average Bonchev–Trinajstić information content (AvgIpc) is 2.05. The van der Waals surface area contributed by atoms with Crippen LogP contribution >= 0.6 is 0 Å². The molecule has 1 heterocycles. The van der Waals surface area contributed by atoms with Crippen LogP contribution in [0.5, 0.6) is 5.75 Å². The Kier molecular flexibility index (Phi) is 3.06. The molecule has 0 aliphatic carbocycles. The molecule has 0 saturated carbocycles. The summed E-state index contributed by atoms with van der Waals surface area (Å²) in [5, 5.41) is 0. The van der Waals surface area contributed by atoms with Gasteiger partial charge >= 0.3 is 6.36 Å². The Morgan fingerprint density at radius 3 is 2.40 bits per heavy atom. The highest BCUT2D eigenvalue weighted by Crippen LogP contribution is 2.30. The summed E-state index contributed by atoms with van der Waals surface area (Å²) in [4.78, 5) is 3.81. The number of hydrogen-bond donors (Lipinski definition) is 1. The lowest BCUT2D eigenvalue weighted by Crippen LogP contribution is -2.19. The van der Waals surface area contributed by atoms with Gasteiger partial charge in [0.1, 0.15) is 5.82 Å². The van der Waals surface area contributed by atoms with Crippen molar-refractivity contribution in [1.29, 1.82) is 0 Å². The molecule has 2 N–H and O–H groups in total. The van der Waals surface area contributed by atoms with Crippen molar-refractivity contribution in [2.75, 3.05) is 5.73 Å². The van der Waals surface area contributed by atoms with Crippen LogP contribution in [0, 0.1) is 0 Å². The van der Waals surface area contributed by atoms with Crippen LogP contribution in [0.1, 0.15) is 25.5 Å². The molecule has 3 nitrogen and oxygen atoms in total. The minimum Gasteiger partial charge on any atom is -0.404 e. The molecule has 0 spiro atoms. The molecule has 6 heteroatoms. The van der Waals surface area contributed by atoms with E-state index in [1.165, 1.54) is 12.1 Å². The number of ether oxygens (including phenoxy) is 1. The summed E-state index contributed by atoms with van der Waals surface area (Å²) in [7, 11) is 0. The van der Waals surface area contributed by atoms with Crippen LogP contribution in [-0.2, 0) is 0 Å². The van der Waals surface area contributed by atoms with E-state index in [-0.39, 0.29) is 23.2 Å². The van der Waals surface area contributed by atoms with E-state index in [2.05, 4.69) is 9.72 Å². The van der Waals surface area contributed by atoms with Crippen molar-refractivity contribution in [3.8, 4) is 5.75 Å². The lowest BCUT2D eigenvalue weighted by Gasteiger charge is -2.14. The van der Waals surface area contributed by atoms with Gasteiger partial charge in [0.15, 0.2) is 5.75 Å². The number of nitrogen functional groups attached to an aromatic ring is 1. The lowest BCUT2D eigenvalue weighted by atomic mass is 10.1. The normalized spacial score (nSPS) is 11.9. The van der Waals surface area contributed by atoms with Crippen LogP contribution in [0.25, 0.3) is 0 Å². The molecule has 0 radical (unpaired) electrons. The Morgan fingerprint density at radius 2 is 1.93 bits per heavy atom. The fraction of sp³-hybridized carbons (Fsp3) is 0.444. The minimum absolute atomic E-state index is 0.174. The van der Waals surface area contributed by atoms with Gasteiger partial charge in [0, 0.05) is 0 Å². The molecular weight excluding hydrogens is 209 g/mol. The van der Waals surface area contributed by atoms with Crippen LogP contribution in [0.2, 0.25) is 0 Å². The van der Waals surface area contributed by atoms with E-state index in [4.69, 9.17) is 5.73 Å². The third-order valence-corrected chi connectivity index (χ3v) is 1.68. The predicted molar refractivity (Wildman–Crippen MR) is 49.4 cm³/mol. The highest BCUT2D eigenvalue weighted by molar-refractivity contribution is 5.39. The Balaban J connectivity index is 3.06. The first-order valence-corrected chi connectivity index (χ1v) is 4.32. The van der Waals surface area contributed by atoms with Gasteiger partial charge in [-0.05, 0) is 18.1 Å². The first-order valence-electron chi connectivity index (χ1n) is 4.32. The maximum Gasteiger partial charge on any atom is 0.573 e. The van der Waals surface area contributed by atoms with Gasteiger partial charge in [-0.15, -0.1) is 13.2 Å². The molecule has 0 aliphatic heterocycles. The number of anilines is 1. The van der Waals surface area contributed by atoms with E-state index in [1.54, 1.807) is 13.8 Å². The molecule has 1 rings (SSSR count). The molecule has 0 fully saturated rings. The van der Waals surface area contributed by atoms with Gasteiger partial charge in [-0.2, -0.15) is 0 Å². The third kappa shape index (κ3) is 3.30. The lowest BCUT2D eigenvalue weighted by molar-refractivity contribution is -0.275. The first-order chi connectivity index (χ1) is 6.79. The second-order valence-electron chi connectivity index (χ2n) is 3.32. The third-order valence-electron chi connectivity index (χ3n) is 1.68. The van der Waals surface area contributed by atoms with Crippen LogP contribution in [0.3, 0.4) is 0 Å². The topological polar surface area (TPSA) is 48.1 Å². The molecule has 0 bridgehead atoms. The van der Waals surface area contributed by atoms with E-state index < -0.39 is 6.36 Å². The van der Waals surface area contributed by atoms with Gasteiger partial charge in [0.25, 0.3) is 0 Å². The molecule has 84 valence electrons. The standard InChI is InChI=1S/C9H11F3N2O/c1-5(2)8-6(15-9(10,11)12)3-4-7(13)14-8/h3-5H,1-2H3,(H2,13,14). The molecule has 0 aliphatic rings. The van der Waals surface area contributed by atoms with Crippen LogP contribution < -0.4 is 10.5 Å². The highest BCUT2D eigenvalue weighted by Gasteiger charge is 2.32. The summed E-state index contributed by atoms with van der Waals surface area (Å²) in [6, 6.07) is 2.44. The Morgan fingerprint density at radius 1 is 1.33 bits per heavy atom. The number of halogens is 3. The van der Waals surface area contributed by atoms with Gasteiger partial charge in [-0.1, -0.05) is 13.8 Å². The van der Waals surface area contributed by atoms with Gasteiger partial charge in [0.05, 0.1) is 5.69 Å².